The molecule has 19 heavy (non-hydrogen) atoms. The molecule has 2 nitrogen and oxygen atoms in total. The van der Waals surface area contributed by atoms with Crippen LogP contribution in [0.15, 0.2) is 22.7 Å². The van der Waals surface area contributed by atoms with Crippen molar-refractivity contribution in [1.82, 2.24) is 10.2 Å². The topological polar surface area (TPSA) is 15.3 Å². The fourth-order valence-electron chi connectivity index (χ4n) is 2.94. The van der Waals surface area contributed by atoms with Crippen LogP contribution in [0.2, 0.25) is 5.02 Å². The fourth-order valence-corrected chi connectivity index (χ4v) is 3.85. The van der Waals surface area contributed by atoms with Crippen LogP contribution >= 0.6 is 27.5 Å². The highest BCUT2D eigenvalue weighted by Gasteiger charge is 2.33. The van der Waals surface area contributed by atoms with Crippen LogP contribution in [-0.4, -0.2) is 31.6 Å². The molecular weight excluding hydrogens is 324 g/mol. The Morgan fingerprint density at radius 2 is 2.26 bits per heavy atom. The lowest BCUT2D eigenvalue weighted by atomic mass is 9.93. The summed E-state index contributed by atoms with van der Waals surface area (Å²) in [6.07, 6.45) is 2.45. The van der Waals surface area contributed by atoms with Crippen LogP contribution < -0.4 is 5.32 Å². The van der Waals surface area contributed by atoms with E-state index in [1.807, 2.05) is 12.1 Å². The molecule has 106 valence electrons. The van der Waals surface area contributed by atoms with E-state index in [0.717, 1.165) is 29.1 Å². The third-order valence-corrected chi connectivity index (χ3v) is 4.81. The number of hydrogen-bond acceptors (Lipinski definition) is 2. The molecule has 0 bridgehead atoms. The zero-order chi connectivity index (χ0) is 13.8. The maximum Gasteiger partial charge on any atom is 0.0417 e. The van der Waals surface area contributed by atoms with Crippen LogP contribution in [-0.2, 0) is 0 Å². The van der Waals surface area contributed by atoms with E-state index in [1.54, 1.807) is 0 Å². The van der Waals surface area contributed by atoms with E-state index < -0.39 is 0 Å². The standard InChI is InChI=1S/C15H22BrClN2/c1-3-7-18-10-11-6-8-19(2)15(11)13-5-4-12(17)9-14(13)16/h4-5,9,11,15,18H,3,6-8,10H2,1-2H3. The first-order chi connectivity index (χ1) is 9.13. The van der Waals surface area contributed by atoms with Gasteiger partial charge in [-0.3, -0.25) is 4.90 Å². The molecule has 1 aromatic carbocycles. The van der Waals surface area contributed by atoms with Crippen molar-refractivity contribution in [1.29, 1.82) is 0 Å². The van der Waals surface area contributed by atoms with Crippen molar-refractivity contribution in [2.45, 2.75) is 25.8 Å². The highest BCUT2D eigenvalue weighted by molar-refractivity contribution is 9.10. The molecule has 1 saturated heterocycles. The van der Waals surface area contributed by atoms with E-state index in [4.69, 9.17) is 11.6 Å². The zero-order valence-corrected chi connectivity index (χ0v) is 14.0. The Morgan fingerprint density at radius 1 is 1.47 bits per heavy atom. The third-order valence-electron chi connectivity index (χ3n) is 3.89. The van der Waals surface area contributed by atoms with Crippen LogP contribution in [0.25, 0.3) is 0 Å². The molecule has 1 N–H and O–H groups in total. The molecule has 0 spiro atoms. The van der Waals surface area contributed by atoms with Crippen molar-refractivity contribution in [3.8, 4) is 0 Å². The van der Waals surface area contributed by atoms with Crippen molar-refractivity contribution in [3.05, 3.63) is 33.3 Å². The zero-order valence-electron chi connectivity index (χ0n) is 11.6. The minimum Gasteiger partial charge on any atom is -0.316 e. The molecule has 0 aliphatic carbocycles. The quantitative estimate of drug-likeness (QED) is 0.808. The number of likely N-dealkylation sites (tertiary alicyclic amines) is 1. The molecule has 2 atom stereocenters. The Balaban J connectivity index is 2.14. The first-order valence-electron chi connectivity index (χ1n) is 6.99. The maximum absolute atomic E-state index is 6.04. The fraction of sp³-hybridized carbons (Fsp3) is 0.600. The van der Waals surface area contributed by atoms with Gasteiger partial charge in [0.25, 0.3) is 0 Å². The van der Waals surface area contributed by atoms with Gasteiger partial charge in [-0.1, -0.05) is 40.5 Å². The smallest absolute Gasteiger partial charge is 0.0417 e. The Labute approximate surface area is 129 Å². The van der Waals surface area contributed by atoms with Crippen molar-refractivity contribution < 1.29 is 0 Å². The minimum absolute atomic E-state index is 0.482. The van der Waals surface area contributed by atoms with Crippen LogP contribution in [0.3, 0.4) is 0 Å². The molecule has 0 aromatic heterocycles. The lowest BCUT2D eigenvalue weighted by molar-refractivity contribution is 0.271. The Morgan fingerprint density at radius 3 is 2.95 bits per heavy atom. The second-order valence-corrected chi connectivity index (χ2v) is 6.63. The summed E-state index contributed by atoms with van der Waals surface area (Å²) in [5.41, 5.74) is 1.35. The molecule has 0 amide bonds. The van der Waals surface area contributed by atoms with Crippen LogP contribution in [0, 0.1) is 5.92 Å². The highest BCUT2D eigenvalue weighted by atomic mass is 79.9. The lowest BCUT2D eigenvalue weighted by Crippen LogP contribution is -2.29. The molecule has 1 aromatic rings. The Bertz CT molecular complexity index is 425. The van der Waals surface area contributed by atoms with E-state index in [0.29, 0.717) is 12.0 Å². The van der Waals surface area contributed by atoms with Gasteiger partial charge in [-0.25, -0.2) is 0 Å². The first kappa shape index (κ1) is 15.3. The van der Waals surface area contributed by atoms with Gasteiger partial charge in [0.1, 0.15) is 0 Å². The highest BCUT2D eigenvalue weighted by Crippen LogP contribution is 2.39. The average molecular weight is 346 g/mol. The number of nitrogens with one attached hydrogen (secondary N) is 1. The Hall–Kier alpha value is -0.0900. The van der Waals surface area contributed by atoms with Gasteiger partial charge >= 0.3 is 0 Å². The number of halogens is 2. The Kier molecular flexibility index (Phi) is 5.70. The summed E-state index contributed by atoms with van der Waals surface area (Å²) >= 11 is 9.71. The lowest BCUT2D eigenvalue weighted by Gasteiger charge is -2.27. The summed E-state index contributed by atoms with van der Waals surface area (Å²) in [4.78, 5) is 2.45. The SMILES string of the molecule is CCCNCC1CCN(C)C1c1ccc(Cl)cc1Br. The molecular formula is C15H22BrClN2. The third kappa shape index (κ3) is 3.72. The molecule has 1 aliphatic rings. The van der Waals surface area contributed by atoms with Gasteiger partial charge in [0.2, 0.25) is 0 Å². The molecule has 0 radical (unpaired) electrons. The van der Waals surface area contributed by atoms with Crippen molar-refractivity contribution in [3.63, 3.8) is 0 Å². The van der Waals surface area contributed by atoms with Gasteiger partial charge < -0.3 is 5.32 Å². The van der Waals surface area contributed by atoms with Gasteiger partial charge in [0.15, 0.2) is 0 Å². The number of hydrogen-bond donors (Lipinski definition) is 1. The molecule has 4 heteroatoms. The number of rotatable bonds is 5. The van der Waals surface area contributed by atoms with E-state index in [-0.39, 0.29) is 0 Å². The van der Waals surface area contributed by atoms with Gasteiger partial charge in [0, 0.05) is 15.5 Å². The summed E-state index contributed by atoms with van der Waals surface area (Å²) < 4.78 is 1.12. The van der Waals surface area contributed by atoms with E-state index in [2.05, 4.69) is 46.2 Å². The molecule has 1 aliphatic heterocycles. The summed E-state index contributed by atoms with van der Waals surface area (Å²) in [7, 11) is 2.21. The molecule has 2 rings (SSSR count). The van der Waals surface area contributed by atoms with Gasteiger partial charge in [-0.05, 0) is 63.1 Å². The molecule has 2 unspecified atom stereocenters. The van der Waals surface area contributed by atoms with Gasteiger partial charge in [-0.15, -0.1) is 0 Å². The second kappa shape index (κ2) is 7.07. The predicted octanol–water partition coefficient (Wildman–Crippen LogP) is 4.09. The van der Waals surface area contributed by atoms with Crippen LogP contribution in [0.1, 0.15) is 31.4 Å². The molecule has 1 heterocycles. The normalized spacial score (nSPS) is 24.0. The second-order valence-electron chi connectivity index (χ2n) is 5.34. The first-order valence-corrected chi connectivity index (χ1v) is 8.16. The average Bonchev–Trinajstić information content (AvgIpc) is 2.72. The van der Waals surface area contributed by atoms with Crippen molar-refractivity contribution >= 4 is 27.5 Å². The molecule has 1 fully saturated rings. The van der Waals surface area contributed by atoms with E-state index in [1.165, 1.54) is 18.4 Å². The van der Waals surface area contributed by atoms with Gasteiger partial charge in [-0.2, -0.15) is 0 Å². The van der Waals surface area contributed by atoms with Gasteiger partial charge in [0.05, 0.1) is 0 Å². The van der Waals surface area contributed by atoms with Crippen molar-refractivity contribution in [2.75, 3.05) is 26.7 Å². The predicted molar refractivity (Wildman–Crippen MR) is 85.8 cm³/mol. The number of nitrogens with zero attached hydrogens (tertiary/aromatic N) is 1. The summed E-state index contributed by atoms with van der Waals surface area (Å²) in [6, 6.07) is 6.63. The van der Waals surface area contributed by atoms with E-state index in [9.17, 15) is 0 Å². The van der Waals surface area contributed by atoms with Crippen LogP contribution in [0.5, 0.6) is 0 Å². The minimum atomic E-state index is 0.482. The van der Waals surface area contributed by atoms with Crippen molar-refractivity contribution in [2.24, 2.45) is 5.92 Å². The summed E-state index contributed by atoms with van der Waals surface area (Å²) in [5.74, 6) is 0.675. The largest absolute Gasteiger partial charge is 0.316 e. The summed E-state index contributed by atoms with van der Waals surface area (Å²) in [6.45, 7) is 5.58. The molecule has 0 saturated carbocycles. The van der Waals surface area contributed by atoms with E-state index >= 15 is 0 Å². The summed E-state index contributed by atoms with van der Waals surface area (Å²) in [5, 5.41) is 4.35. The van der Waals surface area contributed by atoms with Crippen LogP contribution in [0.4, 0.5) is 0 Å². The monoisotopic (exact) mass is 344 g/mol. The number of benzene rings is 1. The maximum atomic E-state index is 6.04.